The number of benzene rings is 2. The number of amides is 2. The first-order valence-electron chi connectivity index (χ1n) is 8.70. The fourth-order valence-electron chi connectivity index (χ4n) is 2.93. The van der Waals surface area contributed by atoms with Crippen molar-refractivity contribution < 1.29 is 18.0 Å². The van der Waals surface area contributed by atoms with Crippen LogP contribution in [0.25, 0.3) is 16.6 Å². The molecule has 3 N–H and O–H groups in total. The Balaban J connectivity index is 1.55. The van der Waals surface area contributed by atoms with E-state index in [2.05, 4.69) is 25.9 Å². The number of hydrogen-bond acceptors (Lipinski definition) is 3. The Hall–Kier alpha value is -3.53. The zero-order valence-corrected chi connectivity index (χ0v) is 15.9. The van der Waals surface area contributed by atoms with Crippen molar-refractivity contribution in [2.24, 2.45) is 0 Å². The fourth-order valence-corrected chi connectivity index (χ4v) is 3.11. The lowest BCUT2D eigenvalue weighted by Crippen LogP contribution is -2.29. The third-order valence-corrected chi connectivity index (χ3v) is 4.52. The van der Waals surface area contributed by atoms with Crippen molar-refractivity contribution >= 4 is 34.2 Å². The van der Waals surface area contributed by atoms with Crippen LogP contribution >= 0.6 is 11.6 Å². The molecule has 0 saturated carbocycles. The quantitative estimate of drug-likeness (QED) is 0.433. The van der Waals surface area contributed by atoms with Gasteiger partial charge in [-0.05, 0) is 36.4 Å². The van der Waals surface area contributed by atoms with Crippen LogP contribution in [-0.4, -0.2) is 26.0 Å². The Morgan fingerprint density at radius 3 is 2.73 bits per heavy atom. The molecule has 0 saturated heterocycles. The average molecular weight is 435 g/mol. The number of nitrogens with one attached hydrogen (secondary N) is 3. The van der Waals surface area contributed by atoms with Gasteiger partial charge in [-0.15, -0.1) is 0 Å². The Bertz CT molecular complexity index is 1220. The van der Waals surface area contributed by atoms with Gasteiger partial charge in [-0.1, -0.05) is 23.7 Å². The summed E-state index contributed by atoms with van der Waals surface area (Å²) in [5, 5.41) is 16.6. The highest BCUT2D eigenvalue weighted by Crippen LogP contribution is 2.30. The second kappa shape index (κ2) is 7.71. The van der Waals surface area contributed by atoms with E-state index in [0.29, 0.717) is 21.8 Å². The molecule has 0 atom stereocenters. The molecule has 7 nitrogen and oxygen atoms in total. The number of aromatic nitrogens is 4. The van der Waals surface area contributed by atoms with Crippen molar-refractivity contribution in [2.75, 3.05) is 5.32 Å². The largest absolute Gasteiger partial charge is 0.435 e. The minimum Gasteiger partial charge on any atom is -0.332 e. The summed E-state index contributed by atoms with van der Waals surface area (Å²) in [6, 6.07) is 11.8. The van der Waals surface area contributed by atoms with E-state index in [1.54, 1.807) is 42.6 Å². The van der Waals surface area contributed by atoms with Crippen molar-refractivity contribution in [3.63, 3.8) is 0 Å². The van der Waals surface area contributed by atoms with Gasteiger partial charge in [0.25, 0.3) is 0 Å². The van der Waals surface area contributed by atoms with E-state index in [4.69, 9.17) is 11.6 Å². The molecule has 30 heavy (non-hydrogen) atoms. The van der Waals surface area contributed by atoms with E-state index in [1.807, 2.05) is 0 Å². The zero-order valence-electron chi connectivity index (χ0n) is 15.2. The number of hydrogen-bond donors (Lipinski definition) is 3. The van der Waals surface area contributed by atoms with E-state index in [-0.39, 0.29) is 12.2 Å². The maximum atomic E-state index is 13.2. The molecule has 0 aliphatic carbocycles. The van der Waals surface area contributed by atoms with Gasteiger partial charge in [-0.3, -0.25) is 5.10 Å². The molecule has 4 aromatic rings. The van der Waals surface area contributed by atoms with Gasteiger partial charge in [0, 0.05) is 10.4 Å². The van der Waals surface area contributed by atoms with Crippen LogP contribution in [0.2, 0.25) is 5.02 Å². The van der Waals surface area contributed by atoms with Crippen LogP contribution in [0.5, 0.6) is 0 Å². The highest BCUT2D eigenvalue weighted by molar-refractivity contribution is 6.30. The number of aromatic amines is 1. The molecule has 2 heterocycles. The van der Waals surface area contributed by atoms with Gasteiger partial charge in [0.15, 0.2) is 5.69 Å². The van der Waals surface area contributed by atoms with Crippen LogP contribution in [0, 0.1) is 0 Å². The molecule has 0 radical (unpaired) electrons. The molecule has 0 aliphatic rings. The molecule has 0 fully saturated rings. The number of urea groups is 1. The second-order valence-corrected chi connectivity index (χ2v) is 6.79. The fraction of sp³-hybridized carbons (Fsp3) is 0.105. The molecule has 11 heteroatoms. The van der Waals surface area contributed by atoms with E-state index in [1.165, 1.54) is 6.07 Å². The van der Waals surface area contributed by atoms with Crippen molar-refractivity contribution in [3.8, 4) is 5.69 Å². The summed E-state index contributed by atoms with van der Waals surface area (Å²) in [6.07, 6.45) is -3.06. The van der Waals surface area contributed by atoms with Gasteiger partial charge in [0.1, 0.15) is 0 Å². The minimum atomic E-state index is -4.63. The van der Waals surface area contributed by atoms with Crippen molar-refractivity contribution in [3.05, 3.63) is 71.1 Å². The number of carbonyl (C=O) groups excluding carboxylic acids is 1. The predicted octanol–water partition coefficient (Wildman–Crippen LogP) is 4.74. The van der Waals surface area contributed by atoms with Crippen LogP contribution in [0.3, 0.4) is 0 Å². The number of fused-ring (bicyclic) bond motifs is 1. The lowest BCUT2D eigenvalue weighted by atomic mass is 10.2. The van der Waals surface area contributed by atoms with Gasteiger partial charge in [-0.25, -0.2) is 9.48 Å². The Labute approximate surface area is 172 Å². The number of halogens is 4. The zero-order chi connectivity index (χ0) is 21.3. The molecule has 0 aliphatic heterocycles. The molecule has 2 aromatic heterocycles. The third-order valence-electron chi connectivity index (χ3n) is 4.29. The highest BCUT2D eigenvalue weighted by Gasteiger charge is 2.35. The summed E-state index contributed by atoms with van der Waals surface area (Å²) in [6.45, 7) is -0.192. The number of nitrogens with zero attached hydrogens (tertiary/aromatic N) is 3. The molecule has 4 rings (SSSR count). The Kier molecular flexibility index (Phi) is 5.08. The molecular weight excluding hydrogens is 421 g/mol. The molecule has 2 aromatic carbocycles. The first-order valence-corrected chi connectivity index (χ1v) is 9.08. The highest BCUT2D eigenvalue weighted by atomic mass is 35.5. The maximum absolute atomic E-state index is 13.2. The predicted molar refractivity (Wildman–Crippen MR) is 106 cm³/mol. The number of rotatable bonds is 4. The van der Waals surface area contributed by atoms with Gasteiger partial charge >= 0.3 is 12.2 Å². The van der Waals surface area contributed by atoms with Crippen LogP contribution in [0.4, 0.5) is 23.7 Å². The first-order chi connectivity index (χ1) is 14.3. The molecule has 0 spiro atoms. The van der Waals surface area contributed by atoms with Crippen molar-refractivity contribution in [1.82, 2.24) is 25.3 Å². The molecule has 2 amide bonds. The summed E-state index contributed by atoms with van der Waals surface area (Å²) in [7, 11) is 0. The van der Waals surface area contributed by atoms with E-state index < -0.39 is 17.9 Å². The Morgan fingerprint density at radius 1 is 1.17 bits per heavy atom. The third kappa shape index (κ3) is 4.08. The SMILES string of the molecule is O=C(NCc1cc(C(F)(F)F)nn1-c1cccc(Cl)c1)Nc1cccc2[nH]ncc12. The molecular formula is C19H14ClF3N6O. The van der Waals surface area contributed by atoms with E-state index >= 15 is 0 Å². The van der Waals surface area contributed by atoms with Crippen LogP contribution in [0.15, 0.2) is 54.7 Å². The Morgan fingerprint density at radius 2 is 1.97 bits per heavy atom. The second-order valence-electron chi connectivity index (χ2n) is 6.35. The summed E-state index contributed by atoms with van der Waals surface area (Å²) >= 11 is 5.95. The van der Waals surface area contributed by atoms with Gasteiger partial charge in [0.2, 0.25) is 0 Å². The van der Waals surface area contributed by atoms with Crippen molar-refractivity contribution in [2.45, 2.75) is 12.7 Å². The van der Waals surface area contributed by atoms with Crippen molar-refractivity contribution in [1.29, 1.82) is 0 Å². The lowest BCUT2D eigenvalue weighted by molar-refractivity contribution is -0.141. The van der Waals surface area contributed by atoms with E-state index in [9.17, 15) is 18.0 Å². The van der Waals surface area contributed by atoms with Crippen LogP contribution in [0.1, 0.15) is 11.4 Å². The van der Waals surface area contributed by atoms with Gasteiger partial charge in [0.05, 0.1) is 35.3 Å². The molecule has 154 valence electrons. The summed E-state index contributed by atoms with van der Waals surface area (Å²) in [5.74, 6) is 0. The number of alkyl halides is 3. The lowest BCUT2D eigenvalue weighted by Gasteiger charge is -2.10. The minimum absolute atomic E-state index is 0.140. The topological polar surface area (TPSA) is 87.6 Å². The summed E-state index contributed by atoms with van der Waals surface area (Å²) in [4.78, 5) is 12.3. The smallest absolute Gasteiger partial charge is 0.332 e. The van der Waals surface area contributed by atoms with Crippen LogP contribution in [-0.2, 0) is 12.7 Å². The van der Waals surface area contributed by atoms with E-state index in [0.717, 1.165) is 16.3 Å². The summed E-state index contributed by atoms with van der Waals surface area (Å²) < 4.78 is 40.6. The number of H-pyrrole nitrogens is 1. The van der Waals surface area contributed by atoms with Gasteiger partial charge < -0.3 is 10.6 Å². The average Bonchev–Trinajstić information content (AvgIpc) is 3.34. The normalized spacial score (nSPS) is 11.6. The summed E-state index contributed by atoms with van der Waals surface area (Å²) in [5.41, 5.74) is 0.669. The van der Waals surface area contributed by atoms with Crippen LogP contribution < -0.4 is 10.6 Å². The maximum Gasteiger partial charge on any atom is 0.435 e. The van der Waals surface area contributed by atoms with Gasteiger partial charge in [-0.2, -0.15) is 23.4 Å². The number of anilines is 1. The standard InChI is InChI=1S/C19H14ClF3N6O/c20-11-3-1-4-12(7-11)29-13(8-17(28-29)19(21,22)23)9-24-18(30)26-15-5-2-6-16-14(15)10-25-27-16/h1-8,10H,9H2,(H,25,27)(H2,24,26,30). The molecule has 0 unspecified atom stereocenters. The monoisotopic (exact) mass is 434 g/mol. The number of carbonyl (C=O) groups is 1. The molecule has 0 bridgehead atoms. The first kappa shape index (κ1) is 19.8.